The molecular weight excluding hydrogens is 367 g/mol. The van der Waals surface area contributed by atoms with Crippen molar-refractivity contribution in [1.29, 1.82) is 0 Å². The summed E-state index contributed by atoms with van der Waals surface area (Å²) in [5.41, 5.74) is 15.4. The molecule has 1 heterocycles. The lowest BCUT2D eigenvalue weighted by Crippen LogP contribution is -2.39. The van der Waals surface area contributed by atoms with Crippen LogP contribution in [0.15, 0.2) is 48.5 Å². The van der Waals surface area contributed by atoms with Gasteiger partial charge in [0.1, 0.15) is 11.5 Å². The number of hydrogen-bond acceptors (Lipinski definition) is 3. The number of carbonyl (C=O) groups excluding carboxylic acids is 1. The summed E-state index contributed by atoms with van der Waals surface area (Å²) in [6.45, 7) is 4.59. The van der Waals surface area contributed by atoms with Crippen LogP contribution in [0.1, 0.15) is 37.2 Å². The molecule has 0 aliphatic carbocycles. The summed E-state index contributed by atoms with van der Waals surface area (Å²) >= 11 is 0. The van der Waals surface area contributed by atoms with Crippen molar-refractivity contribution in [2.75, 3.05) is 6.54 Å². The number of halogens is 1. The fourth-order valence-corrected chi connectivity index (χ4v) is 3.24. The Kier molecular flexibility index (Phi) is 6.67. The van der Waals surface area contributed by atoms with Crippen LogP contribution in [0, 0.1) is 11.7 Å². The molecule has 0 fully saturated rings. The normalized spacial score (nSPS) is 13.6. The number of nitrogens with one attached hydrogen (secondary N) is 2. The molecule has 3 rings (SSSR count). The van der Waals surface area contributed by atoms with Gasteiger partial charge < -0.3 is 21.8 Å². The predicted octanol–water partition coefficient (Wildman–Crippen LogP) is 3.79. The summed E-state index contributed by atoms with van der Waals surface area (Å²) < 4.78 is 13.1. The van der Waals surface area contributed by atoms with Gasteiger partial charge in [0.2, 0.25) is 0 Å². The lowest BCUT2D eigenvalue weighted by Gasteiger charge is -2.18. The summed E-state index contributed by atoms with van der Waals surface area (Å²) in [7, 11) is 0. The molecule has 0 bridgehead atoms. The fourth-order valence-electron chi connectivity index (χ4n) is 3.24. The topological polar surface area (TPSA) is 96.9 Å². The van der Waals surface area contributed by atoms with Gasteiger partial charge >= 0.3 is 0 Å². The number of carbonyl (C=O) groups is 1. The number of amides is 1. The molecule has 0 aliphatic rings. The Morgan fingerprint density at radius 3 is 2.41 bits per heavy atom. The minimum absolute atomic E-state index is 0.126. The average molecular weight is 397 g/mol. The van der Waals surface area contributed by atoms with Crippen molar-refractivity contribution in [3.8, 4) is 11.1 Å². The number of aromatic amines is 1. The zero-order chi connectivity index (χ0) is 21.0. The van der Waals surface area contributed by atoms with Gasteiger partial charge in [-0.25, -0.2) is 4.39 Å². The quantitative estimate of drug-likeness (QED) is 0.466. The largest absolute Gasteiger partial charge is 0.351 e. The Bertz CT molecular complexity index is 965. The van der Waals surface area contributed by atoms with Crippen LogP contribution in [0.25, 0.3) is 22.0 Å². The molecule has 1 unspecified atom stereocenters. The first kappa shape index (κ1) is 21.0. The molecule has 0 saturated heterocycles. The molecule has 6 N–H and O–H groups in total. The highest BCUT2D eigenvalue weighted by Gasteiger charge is 2.14. The second-order valence-electron chi connectivity index (χ2n) is 7.95. The SMILES string of the molecule is CC(C)C(N)CC[C@H](N)CNC(=O)c1cc2cc(-c3ccc(F)cc3)ccc2[nH]1. The van der Waals surface area contributed by atoms with E-state index in [4.69, 9.17) is 11.5 Å². The third-order valence-electron chi connectivity index (χ3n) is 5.29. The third-order valence-corrected chi connectivity index (χ3v) is 5.29. The van der Waals surface area contributed by atoms with Gasteiger partial charge in [-0.3, -0.25) is 4.79 Å². The summed E-state index contributed by atoms with van der Waals surface area (Å²) in [4.78, 5) is 15.6. The van der Waals surface area contributed by atoms with Gasteiger partial charge in [-0.05, 0) is 60.2 Å². The van der Waals surface area contributed by atoms with E-state index in [0.29, 0.717) is 18.2 Å². The molecule has 3 aromatic rings. The first-order chi connectivity index (χ1) is 13.8. The van der Waals surface area contributed by atoms with E-state index >= 15 is 0 Å². The van der Waals surface area contributed by atoms with Crippen LogP contribution >= 0.6 is 0 Å². The minimum atomic E-state index is -0.264. The number of benzene rings is 2. The Labute approximate surface area is 170 Å². The molecule has 0 aliphatic heterocycles. The molecule has 1 aromatic heterocycles. The number of nitrogens with two attached hydrogens (primary N) is 2. The van der Waals surface area contributed by atoms with Crippen LogP contribution in [-0.2, 0) is 0 Å². The van der Waals surface area contributed by atoms with Crippen LogP contribution in [0.5, 0.6) is 0 Å². The van der Waals surface area contributed by atoms with E-state index in [1.807, 2.05) is 24.3 Å². The summed E-state index contributed by atoms with van der Waals surface area (Å²) in [5, 5.41) is 3.81. The molecule has 29 heavy (non-hydrogen) atoms. The lowest BCUT2D eigenvalue weighted by atomic mass is 9.98. The second kappa shape index (κ2) is 9.20. The standard InChI is InChI=1S/C23H29FN4O/c1-14(2)20(26)9-8-19(25)13-27-23(29)22-12-17-11-16(5-10-21(17)28-22)15-3-6-18(24)7-4-15/h3-7,10-12,14,19-20,28H,8-9,13,25-26H2,1-2H3,(H,27,29)/t19-,20?/m0/s1. The summed E-state index contributed by atoms with van der Waals surface area (Å²) in [5.74, 6) is -0.0316. The lowest BCUT2D eigenvalue weighted by molar-refractivity contribution is 0.0946. The van der Waals surface area contributed by atoms with Crippen molar-refractivity contribution >= 4 is 16.8 Å². The van der Waals surface area contributed by atoms with Crippen LogP contribution < -0.4 is 16.8 Å². The van der Waals surface area contributed by atoms with E-state index in [1.165, 1.54) is 12.1 Å². The Hall–Kier alpha value is -2.70. The van der Waals surface area contributed by atoms with E-state index in [9.17, 15) is 9.18 Å². The Morgan fingerprint density at radius 1 is 1.03 bits per heavy atom. The molecule has 6 heteroatoms. The van der Waals surface area contributed by atoms with Gasteiger partial charge in [0.25, 0.3) is 5.91 Å². The van der Waals surface area contributed by atoms with E-state index in [0.717, 1.165) is 34.9 Å². The van der Waals surface area contributed by atoms with Gasteiger partial charge in [0.15, 0.2) is 0 Å². The second-order valence-corrected chi connectivity index (χ2v) is 7.95. The molecule has 2 atom stereocenters. The molecule has 1 amide bonds. The minimum Gasteiger partial charge on any atom is -0.351 e. The first-order valence-electron chi connectivity index (χ1n) is 10.0. The van der Waals surface area contributed by atoms with Crippen LogP contribution in [0.2, 0.25) is 0 Å². The van der Waals surface area contributed by atoms with Crippen LogP contribution in [-0.4, -0.2) is 29.5 Å². The molecule has 0 radical (unpaired) electrons. The fraction of sp³-hybridized carbons (Fsp3) is 0.348. The molecule has 2 aromatic carbocycles. The van der Waals surface area contributed by atoms with Crippen LogP contribution in [0.3, 0.4) is 0 Å². The zero-order valence-corrected chi connectivity index (χ0v) is 16.9. The van der Waals surface area contributed by atoms with Crippen molar-refractivity contribution in [3.63, 3.8) is 0 Å². The smallest absolute Gasteiger partial charge is 0.267 e. The number of fused-ring (bicyclic) bond motifs is 1. The maximum Gasteiger partial charge on any atom is 0.267 e. The number of H-pyrrole nitrogens is 1. The van der Waals surface area contributed by atoms with Crippen molar-refractivity contribution in [1.82, 2.24) is 10.3 Å². The zero-order valence-electron chi connectivity index (χ0n) is 16.9. The monoisotopic (exact) mass is 396 g/mol. The van der Waals surface area contributed by atoms with E-state index in [2.05, 4.69) is 24.1 Å². The highest BCUT2D eigenvalue weighted by atomic mass is 19.1. The Balaban J connectivity index is 1.62. The molecular formula is C23H29FN4O. The molecule has 0 spiro atoms. The first-order valence-corrected chi connectivity index (χ1v) is 10.0. The van der Waals surface area contributed by atoms with Crippen LogP contribution in [0.4, 0.5) is 4.39 Å². The van der Waals surface area contributed by atoms with Crippen molar-refractivity contribution in [2.45, 2.75) is 38.8 Å². The van der Waals surface area contributed by atoms with Crippen molar-refractivity contribution < 1.29 is 9.18 Å². The highest BCUT2D eigenvalue weighted by Crippen LogP contribution is 2.25. The average Bonchev–Trinajstić information content (AvgIpc) is 3.14. The van der Waals surface area contributed by atoms with E-state index in [1.54, 1.807) is 12.1 Å². The van der Waals surface area contributed by atoms with Crippen molar-refractivity contribution in [2.24, 2.45) is 17.4 Å². The summed E-state index contributed by atoms with van der Waals surface area (Å²) in [6.07, 6.45) is 1.61. The Morgan fingerprint density at radius 2 is 1.72 bits per heavy atom. The van der Waals surface area contributed by atoms with Crippen molar-refractivity contribution in [3.05, 3.63) is 60.0 Å². The third kappa shape index (κ3) is 5.43. The van der Waals surface area contributed by atoms with Gasteiger partial charge in [-0.15, -0.1) is 0 Å². The molecule has 5 nitrogen and oxygen atoms in total. The van der Waals surface area contributed by atoms with Gasteiger partial charge in [-0.2, -0.15) is 0 Å². The van der Waals surface area contributed by atoms with Gasteiger partial charge in [0, 0.05) is 29.5 Å². The summed E-state index contributed by atoms with van der Waals surface area (Å²) in [6, 6.07) is 14.0. The van der Waals surface area contributed by atoms with Gasteiger partial charge in [0.05, 0.1) is 0 Å². The molecule has 154 valence electrons. The number of hydrogen-bond donors (Lipinski definition) is 4. The predicted molar refractivity (Wildman–Crippen MR) is 116 cm³/mol. The number of aromatic nitrogens is 1. The maximum absolute atomic E-state index is 13.1. The highest BCUT2D eigenvalue weighted by molar-refractivity contribution is 5.98. The van der Waals surface area contributed by atoms with E-state index in [-0.39, 0.29) is 23.8 Å². The van der Waals surface area contributed by atoms with Gasteiger partial charge in [-0.1, -0.05) is 32.0 Å². The number of rotatable bonds is 8. The molecule has 0 saturated carbocycles. The maximum atomic E-state index is 13.1. The van der Waals surface area contributed by atoms with E-state index < -0.39 is 0 Å².